The van der Waals surface area contributed by atoms with Crippen LogP contribution < -0.4 is 0 Å². The van der Waals surface area contributed by atoms with Crippen molar-refractivity contribution in [3.8, 4) is 0 Å². The van der Waals surface area contributed by atoms with Crippen molar-refractivity contribution in [2.45, 2.75) is 6.18 Å². The molecule has 0 aromatic rings. The smallest absolute Gasteiger partial charge is 0.199 e. The lowest BCUT2D eigenvalue weighted by Crippen LogP contribution is -2.09. The summed E-state index contributed by atoms with van der Waals surface area (Å²) in [4.78, 5) is 0. The Balaban J connectivity index is 3.39. The predicted molar refractivity (Wildman–Crippen MR) is 15.8 cm³/mol. The molecule has 5 heteroatoms. The van der Waals surface area contributed by atoms with E-state index in [2.05, 4.69) is 0 Å². The first kappa shape index (κ1) is 7.65. The van der Waals surface area contributed by atoms with Crippen LogP contribution in [-0.4, -0.2) is 6.18 Å². The van der Waals surface area contributed by atoms with E-state index in [-0.39, 0.29) is 0 Å². The van der Waals surface area contributed by atoms with Crippen molar-refractivity contribution in [3.63, 3.8) is 0 Å². The topological polar surface area (TPSA) is 0 Å². The molecule has 8 heavy (non-hydrogen) atoms. The molecule has 0 atom stereocenters. The molecule has 0 unspecified atom stereocenters. The Morgan fingerprint density at radius 2 is 1.50 bits per heavy atom. The maximum Gasteiger partial charge on any atom is 0.398 e. The first-order valence-electron chi connectivity index (χ1n) is 1.52. The zero-order valence-electron chi connectivity index (χ0n) is 3.47. The van der Waals surface area contributed by atoms with Gasteiger partial charge < -0.3 is 0 Å². The molecule has 48 valence electrons. The van der Waals surface area contributed by atoms with Crippen molar-refractivity contribution in [2.75, 3.05) is 0 Å². The summed E-state index contributed by atoms with van der Waals surface area (Å²) in [6.07, 6.45) is -8.68. The molecule has 0 aliphatic rings. The lowest BCUT2D eigenvalue weighted by atomic mass is 10.4. The Labute approximate surface area is 42.3 Å². The highest BCUT2D eigenvalue weighted by molar-refractivity contribution is 4.88. The fraction of sp³-hybridized carbons (Fsp3) is 0.333. The average molecular weight is 132 g/mol. The third-order valence-electron chi connectivity index (χ3n) is 0.273. The molecule has 0 spiro atoms. The van der Waals surface area contributed by atoms with E-state index in [0.717, 1.165) is 0 Å². The molecule has 0 aliphatic heterocycles. The molecular weight excluding hydrogens is 131 g/mol. The van der Waals surface area contributed by atoms with Crippen LogP contribution in [-0.2, 0) is 0 Å². The lowest BCUT2D eigenvalue weighted by molar-refractivity contribution is -0.103. The molecule has 2 radical (unpaired) electrons. The normalized spacial score (nSPS) is 12.8. The van der Waals surface area contributed by atoms with Gasteiger partial charge in [0.05, 0.1) is 0 Å². The summed E-state index contributed by atoms with van der Waals surface area (Å²) < 4.78 is 53.6. The summed E-state index contributed by atoms with van der Waals surface area (Å²) in [5.74, 6) is 0. The van der Waals surface area contributed by atoms with E-state index in [4.69, 9.17) is 0 Å². The van der Waals surface area contributed by atoms with Gasteiger partial charge in [0.2, 0.25) is 0 Å². The summed E-state index contributed by atoms with van der Waals surface area (Å²) in [7, 11) is 0. The van der Waals surface area contributed by atoms with Gasteiger partial charge in [0.15, 0.2) is 0 Å². The maximum atomic E-state index is 10.8. The molecule has 0 saturated heterocycles. The van der Waals surface area contributed by atoms with Gasteiger partial charge in [-0.05, 0) is 0 Å². The second-order valence-corrected chi connectivity index (χ2v) is 0.976. The quantitative estimate of drug-likeness (QED) is 0.479. The van der Waals surface area contributed by atoms with E-state index >= 15 is 0 Å². The molecule has 0 nitrogen and oxygen atoms in total. The number of hydrogen-bond acceptors (Lipinski definition) is 0. The van der Waals surface area contributed by atoms with Crippen molar-refractivity contribution in [1.82, 2.24) is 0 Å². The van der Waals surface area contributed by atoms with E-state index in [0.29, 0.717) is 0 Å². The molecule has 0 rings (SSSR count). The van der Waals surface area contributed by atoms with Gasteiger partial charge in [-0.2, -0.15) is 22.0 Å². The van der Waals surface area contributed by atoms with Gasteiger partial charge in [0, 0.05) is 0 Å². The molecular formula is C3HF5. The van der Waals surface area contributed by atoms with Crippen molar-refractivity contribution >= 4 is 0 Å². The van der Waals surface area contributed by atoms with Crippen LogP contribution in [0.3, 0.4) is 0 Å². The molecule has 0 fully saturated rings. The standard InChI is InChI=1S/C3HF5/c4-2(5)1-3(6,7)8/h1H. The highest BCUT2D eigenvalue weighted by Crippen LogP contribution is 2.25. The lowest BCUT2D eigenvalue weighted by Gasteiger charge is -2.00. The van der Waals surface area contributed by atoms with E-state index < -0.39 is 19.0 Å². The van der Waals surface area contributed by atoms with Crippen LogP contribution in [0.15, 0.2) is 0 Å². The van der Waals surface area contributed by atoms with Gasteiger partial charge in [0.1, 0.15) is 6.42 Å². The molecule has 0 bridgehead atoms. The Hall–Kier alpha value is -0.350. The summed E-state index contributed by atoms with van der Waals surface area (Å²) in [6, 6.07) is 0. The van der Waals surface area contributed by atoms with Crippen LogP contribution in [0.2, 0.25) is 0 Å². The molecule has 0 heterocycles. The Bertz CT molecular complexity index is 62.6. The van der Waals surface area contributed by atoms with E-state index in [1.54, 1.807) is 0 Å². The van der Waals surface area contributed by atoms with Crippen molar-refractivity contribution in [2.24, 2.45) is 0 Å². The average Bonchev–Trinajstić information content (AvgIpc) is 1.21. The maximum absolute atomic E-state index is 10.8. The second kappa shape index (κ2) is 2.28. The van der Waals surface area contributed by atoms with Crippen LogP contribution in [0.4, 0.5) is 22.0 Å². The molecule has 0 N–H and O–H groups in total. The third-order valence-corrected chi connectivity index (χ3v) is 0.273. The molecule has 0 aromatic heterocycles. The third kappa shape index (κ3) is 5.65. The number of hydrogen-bond donors (Lipinski definition) is 0. The Morgan fingerprint density at radius 1 is 1.12 bits per heavy atom. The summed E-state index contributed by atoms with van der Waals surface area (Å²) >= 11 is 0. The summed E-state index contributed by atoms with van der Waals surface area (Å²) in [5.41, 5.74) is 0. The van der Waals surface area contributed by atoms with Crippen molar-refractivity contribution < 1.29 is 22.0 Å². The Morgan fingerprint density at radius 3 is 1.50 bits per heavy atom. The van der Waals surface area contributed by atoms with Gasteiger partial charge in [-0.3, -0.25) is 0 Å². The van der Waals surface area contributed by atoms with Crippen molar-refractivity contribution in [1.29, 1.82) is 0 Å². The number of alkyl halides is 3. The molecule has 0 aliphatic carbocycles. The molecule has 0 amide bonds. The first-order chi connectivity index (χ1) is 3.42. The van der Waals surface area contributed by atoms with Gasteiger partial charge in [-0.25, -0.2) is 0 Å². The van der Waals surface area contributed by atoms with Gasteiger partial charge >= 0.3 is 12.6 Å². The summed E-state index contributed by atoms with van der Waals surface area (Å²) in [6.45, 7) is 0. The highest BCUT2D eigenvalue weighted by atomic mass is 19.4. The Kier molecular flexibility index (Phi) is 2.18. The SMILES string of the molecule is F[C](F)[CH]C(F)(F)F. The van der Waals surface area contributed by atoms with E-state index in [1.165, 1.54) is 0 Å². The molecule has 0 saturated carbocycles. The van der Waals surface area contributed by atoms with Gasteiger partial charge in [-0.1, -0.05) is 0 Å². The van der Waals surface area contributed by atoms with E-state index in [1.807, 2.05) is 0 Å². The predicted octanol–water partition coefficient (Wildman–Crippen LogP) is 2.18. The highest BCUT2D eigenvalue weighted by Gasteiger charge is 2.33. The van der Waals surface area contributed by atoms with Crippen molar-refractivity contribution in [3.05, 3.63) is 12.8 Å². The van der Waals surface area contributed by atoms with Gasteiger partial charge in [-0.15, -0.1) is 0 Å². The van der Waals surface area contributed by atoms with Crippen LogP contribution in [0.25, 0.3) is 0 Å². The van der Waals surface area contributed by atoms with Gasteiger partial charge in [0.25, 0.3) is 0 Å². The van der Waals surface area contributed by atoms with E-state index in [9.17, 15) is 22.0 Å². The van der Waals surface area contributed by atoms with Crippen LogP contribution in [0.1, 0.15) is 0 Å². The second-order valence-electron chi connectivity index (χ2n) is 0.976. The number of rotatable bonds is 1. The zero-order chi connectivity index (χ0) is 6.78. The number of halogens is 5. The first-order valence-corrected chi connectivity index (χ1v) is 1.52. The van der Waals surface area contributed by atoms with Crippen LogP contribution in [0.5, 0.6) is 0 Å². The zero-order valence-corrected chi connectivity index (χ0v) is 3.47. The minimum absolute atomic E-state index is 1.06. The minimum atomic E-state index is -4.89. The summed E-state index contributed by atoms with van der Waals surface area (Å²) in [5, 5.41) is 0. The largest absolute Gasteiger partial charge is 0.398 e. The minimum Gasteiger partial charge on any atom is -0.199 e. The monoisotopic (exact) mass is 132 g/mol. The van der Waals surface area contributed by atoms with Crippen LogP contribution >= 0.6 is 0 Å². The van der Waals surface area contributed by atoms with Crippen LogP contribution in [0, 0.1) is 12.8 Å². The fourth-order valence-electron chi connectivity index (χ4n) is 0.124. The fourth-order valence-corrected chi connectivity index (χ4v) is 0.124. The molecule has 0 aromatic carbocycles.